The number of nitrogens with zero attached hydrogens (tertiary/aromatic N) is 1. The first-order chi connectivity index (χ1) is 10.7. The summed E-state index contributed by atoms with van der Waals surface area (Å²) in [4.78, 5) is 25.4. The fraction of sp³-hybridized carbons (Fsp3) is 0.429. The Balaban J connectivity index is 2.11. The van der Waals surface area contributed by atoms with Crippen LogP contribution in [0.2, 0.25) is 10.0 Å². The van der Waals surface area contributed by atoms with E-state index < -0.39 is 15.9 Å². The molecule has 1 unspecified atom stereocenters. The molecule has 0 spiro atoms. The number of carbonyl (C=O) groups excluding carboxylic acids is 2. The molecule has 9 heteroatoms. The van der Waals surface area contributed by atoms with Gasteiger partial charge in [-0.1, -0.05) is 35.3 Å². The molecule has 126 valence electrons. The number of likely N-dealkylation sites (tertiary alicyclic amines) is 1. The molecule has 1 fully saturated rings. The standard InChI is InChI=1S/C14H16Cl2N2O4S/c1-23(21,22)17-12(19)7-10-5-6-13(20)18(10)8-9-3-2-4-11(15)14(9)16/h2-4,10H,5-8H2,1H3,(H,17,19). The minimum Gasteiger partial charge on any atom is -0.335 e. The zero-order chi connectivity index (χ0) is 17.2. The van der Waals surface area contributed by atoms with Gasteiger partial charge in [0.1, 0.15) is 0 Å². The molecule has 0 aliphatic carbocycles. The molecule has 23 heavy (non-hydrogen) atoms. The van der Waals surface area contributed by atoms with Gasteiger partial charge in [-0.15, -0.1) is 0 Å². The summed E-state index contributed by atoms with van der Waals surface area (Å²) >= 11 is 12.1. The van der Waals surface area contributed by atoms with Crippen molar-refractivity contribution in [1.29, 1.82) is 0 Å². The molecule has 1 aromatic carbocycles. The molecule has 2 rings (SSSR count). The smallest absolute Gasteiger partial charge is 0.235 e. The molecule has 1 saturated heterocycles. The second-order valence-corrected chi connectivity index (χ2v) is 7.96. The first-order valence-corrected chi connectivity index (χ1v) is 9.55. The molecule has 0 bridgehead atoms. The van der Waals surface area contributed by atoms with Gasteiger partial charge in [-0.3, -0.25) is 14.3 Å². The monoisotopic (exact) mass is 378 g/mol. The average Bonchev–Trinajstić information content (AvgIpc) is 2.74. The maximum Gasteiger partial charge on any atom is 0.235 e. The maximum absolute atomic E-state index is 12.1. The predicted molar refractivity (Wildman–Crippen MR) is 87.6 cm³/mol. The Kier molecular flexibility index (Phi) is 5.54. The van der Waals surface area contributed by atoms with Gasteiger partial charge in [0.25, 0.3) is 0 Å². The van der Waals surface area contributed by atoms with Gasteiger partial charge in [-0.2, -0.15) is 0 Å². The molecule has 1 atom stereocenters. The van der Waals surface area contributed by atoms with Crippen LogP contribution in [0.4, 0.5) is 0 Å². The van der Waals surface area contributed by atoms with Crippen LogP contribution in [-0.4, -0.2) is 37.4 Å². The van der Waals surface area contributed by atoms with Crippen LogP contribution < -0.4 is 4.72 Å². The highest BCUT2D eigenvalue weighted by atomic mass is 35.5. The lowest BCUT2D eigenvalue weighted by atomic mass is 10.1. The third kappa shape index (κ3) is 4.83. The van der Waals surface area contributed by atoms with Crippen molar-refractivity contribution in [1.82, 2.24) is 9.62 Å². The maximum atomic E-state index is 12.1. The number of carbonyl (C=O) groups is 2. The number of rotatable bonds is 5. The lowest BCUT2D eigenvalue weighted by Gasteiger charge is -2.25. The number of halogens is 2. The van der Waals surface area contributed by atoms with Crippen LogP contribution in [0, 0.1) is 0 Å². The van der Waals surface area contributed by atoms with Crippen LogP contribution in [0.15, 0.2) is 18.2 Å². The number of hydrogen-bond acceptors (Lipinski definition) is 4. The zero-order valence-corrected chi connectivity index (χ0v) is 14.7. The lowest BCUT2D eigenvalue weighted by Crippen LogP contribution is -2.38. The molecule has 2 amide bonds. The minimum absolute atomic E-state index is 0.0724. The molecule has 1 aromatic rings. The van der Waals surface area contributed by atoms with E-state index in [1.807, 2.05) is 4.72 Å². The van der Waals surface area contributed by atoms with E-state index in [0.717, 1.165) is 6.26 Å². The van der Waals surface area contributed by atoms with E-state index in [1.165, 1.54) is 0 Å². The van der Waals surface area contributed by atoms with Gasteiger partial charge >= 0.3 is 0 Å². The Labute approximate surface area is 144 Å². The quantitative estimate of drug-likeness (QED) is 0.848. The number of sulfonamides is 1. The molecule has 0 saturated carbocycles. The SMILES string of the molecule is CS(=O)(=O)NC(=O)CC1CCC(=O)N1Cc1cccc(Cl)c1Cl. The Bertz CT molecular complexity index is 736. The van der Waals surface area contributed by atoms with Gasteiger partial charge in [0, 0.05) is 25.4 Å². The van der Waals surface area contributed by atoms with Crippen LogP contribution >= 0.6 is 23.2 Å². The summed E-state index contributed by atoms with van der Waals surface area (Å²) in [6, 6.07) is 4.78. The van der Waals surface area contributed by atoms with Crippen molar-refractivity contribution in [2.24, 2.45) is 0 Å². The number of nitrogens with one attached hydrogen (secondary N) is 1. The summed E-state index contributed by atoms with van der Waals surface area (Å²) in [5, 5.41) is 0.760. The fourth-order valence-electron chi connectivity index (χ4n) is 2.54. The topological polar surface area (TPSA) is 83.5 Å². The first kappa shape index (κ1) is 18.0. The summed E-state index contributed by atoms with van der Waals surface area (Å²) in [5.74, 6) is -0.729. The summed E-state index contributed by atoms with van der Waals surface area (Å²) < 4.78 is 24.1. The fourth-order valence-corrected chi connectivity index (χ4v) is 3.42. The zero-order valence-electron chi connectivity index (χ0n) is 12.4. The van der Waals surface area contributed by atoms with Crippen LogP contribution in [0.25, 0.3) is 0 Å². The molecule has 6 nitrogen and oxygen atoms in total. The van der Waals surface area contributed by atoms with Crippen LogP contribution in [0.1, 0.15) is 24.8 Å². The summed E-state index contributed by atoms with van der Waals surface area (Å²) in [7, 11) is -3.61. The van der Waals surface area contributed by atoms with Gasteiger partial charge in [-0.25, -0.2) is 8.42 Å². The summed E-state index contributed by atoms with van der Waals surface area (Å²) in [5.41, 5.74) is 0.683. The second kappa shape index (κ2) is 7.07. The molecule has 0 radical (unpaired) electrons. The van der Waals surface area contributed by atoms with Crippen molar-refractivity contribution in [2.45, 2.75) is 31.8 Å². The Morgan fingerprint density at radius 2 is 2.09 bits per heavy atom. The Morgan fingerprint density at radius 1 is 1.39 bits per heavy atom. The van der Waals surface area contributed by atoms with Crippen molar-refractivity contribution < 1.29 is 18.0 Å². The van der Waals surface area contributed by atoms with Crippen LogP contribution in [0.5, 0.6) is 0 Å². The minimum atomic E-state index is -3.61. The van der Waals surface area contributed by atoms with Crippen LogP contribution in [0.3, 0.4) is 0 Å². The number of hydrogen-bond donors (Lipinski definition) is 1. The lowest BCUT2D eigenvalue weighted by molar-refractivity contribution is -0.130. The third-order valence-electron chi connectivity index (χ3n) is 3.55. The van der Waals surface area contributed by atoms with Crippen LogP contribution in [-0.2, 0) is 26.2 Å². The van der Waals surface area contributed by atoms with E-state index >= 15 is 0 Å². The molecule has 1 N–H and O–H groups in total. The van der Waals surface area contributed by atoms with Crippen molar-refractivity contribution in [3.05, 3.63) is 33.8 Å². The van der Waals surface area contributed by atoms with E-state index in [4.69, 9.17) is 23.2 Å². The molecule has 1 heterocycles. The molecular formula is C14H16Cl2N2O4S. The Hall–Kier alpha value is -1.31. The van der Waals surface area contributed by atoms with Gasteiger partial charge in [0.15, 0.2) is 0 Å². The van der Waals surface area contributed by atoms with E-state index in [-0.39, 0.29) is 24.9 Å². The second-order valence-electron chi connectivity index (χ2n) is 5.43. The molecule has 1 aliphatic heterocycles. The van der Waals surface area contributed by atoms with E-state index in [2.05, 4.69) is 0 Å². The third-order valence-corrected chi connectivity index (χ3v) is 5.00. The van der Waals surface area contributed by atoms with Crippen molar-refractivity contribution in [2.75, 3.05) is 6.26 Å². The number of benzene rings is 1. The summed E-state index contributed by atoms with van der Waals surface area (Å²) in [6.45, 7) is 0.231. The normalized spacial score (nSPS) is 18.3. The van der Waals surface area contributed by atoms with Gasteiger partial charge in [0.2, 0.25) is 21.8 Å². The average molecular weight is 379 g/mol. The highest BCUT2D eigenvalue weighted by Crippen LogP contribution is 2.30. The highest BCUT2D eigenvalue weighted by molar-refractivity contribution is 7.89. The van der Waals surface area contributed by atoms with Gasteiger partial charge in [-0.05, 0) is 18.1 Å². The van der Waals surface area contributed by atoms with Gasteiger partial charge < -0.3 is 4.90 Å². The van der Waals surface area contributed by atoms with E-state index in [1.54, 1.807) is 23.1 Å². The number of amides is 2. The first-order valence-electron chi connectivity index (χ1n) is 6.90. The largest absolute Gasteiger partial charge is 0.335 e. The van der Waals surface area contributed by atoms with Crippen molar-refractivity contribution in [3.63, 3.8) is 0 Å². The highest BCUT2D eigenvalue weighted by Gasteiger charge is 2.33. The molecule has 1 aliphatic rings. The predicted octanol–water partition coefficient (Wildman–Crippen LogP) is 1.95. The van der Waals surface area contributed by atoms with E-state index in [9.17, 15) is 18.0 Å². The van der Waals surface area contributed by atoms with Crippen molar-refractivity contribution >= 4 is 45.0 Å². The van der Waals surface area contributed by atoms with E-state index in [0.29, 0.717) is 28.5 Å². The van der Waals surface area contributed by atoms with Gasteiger partial charge in [0.05, 0.1) is 16.3 Å². The Morgan fingerprint density at radius 3 is 2.74 bits per heavy atom. The summed E-state index contributed by atoms with van der Waals surface area (Å²) in [6.07, 6.45) is 1.65. The molecular weight excluding hydrogens is 363 g/mol. The van der Waals surface area contributed by atoms with Crippen molar-refractivity contribution in [3.8, 4) is 0 Å². The molecule has 0 aromatic heterocycles.